The number of halogens is 2. The third-order valence-corrected chi connectivity index (χ3v) is 8.21. The van der Waals surface area contributed by atoms with Crippen LogP contribution >= 0.6 is 49.9 Å². The van der Waals surface area contributed by atoms with E-state index >= 15 is 0 Å². The van der Waals surface area contributed by atoms with Gasteiger partial charge in [-0.2, -0.15) is 0 Å². The van der Waals surface area contributed by atoms with Gasteiger partial charge in [0.25, 0.3) is 5.56 Å². The van der Waals surface area contributed by atoms with Gasteiger partial charge in [0.2, 0.25) is 6.79 Å². The zero-order chi connectivity index (χ0) is 26.3. The normalized spacial score (nSPS) is 16.5. The number of carbonyl (C=O) groups excluding carboxylic acids is 1. The number of phenolic OH excluding ortho intramolecular Hbond substituents is 1. The van der Waals surface area contributed by atoms with E-state index in [0.717, 1.165) is 10.9 Å². The van der Waals surface area contributed by atoms with Crippen LogP contribution in [-0.4, -0.2) is 29.0 Å². The maximum absolute atomic E-state index is 13.9. The molecule has 0 bridgehead atoms. The van der Waals surface area contributed by atoms with Gasteiger partial charge in [0.1, 0.15) is 5.75 Å². The lowest BCUT2D eigenvalue weighted by atomic mass is 9.94. The number of thiazole rings is 1. The number of esters is 1. The van der Waals surface area contributed by atoms with Gasteiger partial charge in [-0.25, -0.2) is 9.79 Å². The quantitative estimate of drug-likeness (QED) is 0.304. The summed E-state index contributed by atoms with van der Waals surface area (Å²) < 4.78 is 19.8. The predicted molar refractivity (Wildman–Crippen MR) is 151 cm³/mol. The van der Waals surface area contributed by atoms with Crippen molar-refractivity contribution < 1.29 is 24.1 Å². The summed E-state index contributed by atoms with van der Waals surface area (Å²) in [4.78, 5) is 32.4. The van der Waals surface area contributed by atoms with Gasteiger partial charge in [0, 0.05) is 10.0 Å². The van der Waals surface area contributed by atoms with Crippen LogP contribution in [0.5, 0.6) is 17.2 Å². The molecule has 1 aromatic heterocycles. The lowest BCUT2D eigenvalue weighted by Crippen LogP contribution is -2.40. The Hall–Kier alpha value is -2.64. The average molecular weight is 697 g/mol. The Balaban J connectivity index is 1.78. The maximum Gasteiger partial charge on any atom is 0.338 e. The first-order chi connectivity index (χ1) is 17.8. The maximum atomic E-state index is 13.9. The standard InChI is InChI=1S/C26H22BrIN2O6S/c1-3-5-17-21(25(33)34-4-2)22(13-6-7-18-19(9-13)36-12-35-18)30-24(32)20(37-26(30)29-17)10-14-8-15(27)11-16(28)23(14)31/h6-11,22,31H,3-5,12H2,1-2H3/b20-10+/t22-/m1/s1. The first kappa shape index (κ1) is 26.0. The highest BCUT2D eigenvalue weighted by molar-refractivity contribution is 14.1. The fraction of sp³-hybridized carbons (Fsp3) is 0.269. The number of allylic oxidation sites excluding steroid dienone is 1. The van der Waals surface area contributed by atoms with Crippen molar-refractivity contribution in [2.45, 2.75) is 32.7 Å². The Labute approximate surface area is 238 Å². The third-order valence-electron chi connectivity index (χ3n) is 5.95. The minimum absolute atomic E-state index is 0.0841. The van der Waals surface area contributed by atoms with Gasteiger partial charge in [-0.15, -0.1) is 0 Å². The number of fused-ring (bicyclic) bond motifs is 2. The molecule has 0 spiro atoms. The predicted octanol–water partition coefficient (Wildman–Crippen LogP) is 4.38. The van der Waals surface area contributed by atoms with Crippen molar-refractivity contribution in [3.8, 4) is 17.2 Å². The zero-order valence-electron chi connectivity index (χ0n) is 19.9. The van der Waals surface area contributed by atoms with Crippen LogP contribution in [0.25, 0.3) is 6.08 Å². The van der Waals surface area contributed by atoms with Crippen molar-refractivity contribution in [2.75, 3.05) is 13.4 Å². The van der Waals surface area contributed by atoms with E-state index < -0.39 is 12.0 Å². The molecule has 2 aromatic carbocycles. The van der Waals surface area contributed by atoms with Gasteiger partial charge in [-0.1, -0.05) is 46.7 Å². The Morgan fingerprint density at radius 1 is 1.30 bits per heavy atom. The summed E-state index contributed by atoms with van der Waals surface area (Å²) in [5.74, 6) is 0.725. The van der Waals surface area contributed by atoms with Crippen molar-refractivity contribution >= 4 is 61.9 Å². The largest absolute Gasteiger partial charge is 0.506 e. The molecule has 0 radical (unpaired) electrons. The molecule has 11 heteroatoms. The second-order valence-corrected chi connectivity index (χ2v) is 11.4. The number of aromatic hydroxyl groups is 1. The number of benzene rings is 2. The SMILES string of the molecule is CCCC1=C(C(=O)OCC)[C@@H](c2ccc3c(c2)OCO3)n2c(s/c(=C/c3cc(Br)cc(I)c3O)c2=O)=N1. The van der Waals surface area contributed by atoms with E-state index in [1.165, 1.54) is 15.9 Å². The zero-order valence-corrected chi connectivity index (χ0v) is 24.5. The number of rotatable bonds is 6. The van der Waals surface area contributed by atoms with Crippen LogP contribution in [-0.2, 0) is 9.53 Å². The molecule has 0 amide bonds. The molecule has 2 aliphatic heterocycles. The topological polar surface area (TPSA) is 99.4 Å². The van der Waals surface area contributed by atoms with Crippen LogP contribution < -0.4 is 24.4 Å². The van der Waals surface area contributed by atoms with Gasteiger partial charge < -0.3 is 19.3 Å². The van der Waals surface area contributed by atoms with Gasteiger partial charge in [0.05, 0.1) is 32.0 Å². The van der Waals surface area contributed by atoms with Crippen molar-refractivity contribution in [3.05, 3.63) is 80.5 Å². The minimum atomic E-state index is -0.759. The lowest BCUT2D eigenvalue weighted by molar-refractivity contribution is -0.139. The van der Waals surface area contributed by atoms with E-state index in [-0.39, 0.29) is 24.7 Å². The summed E-state index contributed by atoms with van der Waals surface area (Å²) >= 11 is 6.70. The van der Waals surface area contributed by atoms with E-state index in [0.29, 0.717) is 53.2 Å². The summed E-state index contributed by atoms with van der Waals surface area (Å²) in [6.07, 6.45) is 2.95. The fourth-order valence-electron chi connectivity index (χ4n) is 4.36. The van der Waals surface area contributed by atoms with E-state index in [4.69, 9.17) is 19.2 Å². The first-order valence-corrected chi connectivity index (χ1v) is 14.3. The molecule has 0 saturated carbocycles. The molecule has 2 aliphatic rings. The molecular formula is C26H22BrIN2O6S. The summed E-state index contributed by atoms with van der Waals surface area (Å²) in [5.41, 5.74) is 1.79. The van der Waals surface area contributed by atoms with Gasteiger partial charge in [-0.3, -0.25) is 9.36 Å². The summed E-state index contributed by atoms with van der Waals surface area (Å²) in [5, 5.41) is 10.6. The Morgan fingerprint density at radius 3 is 2.84 bits per heavy atom. The van der Waals surface area contributed by atoms with E-state index in [1.54, 1.807) is 37.3 Å². The molecule has 8 nitrogen and oxygen atoms in total. The van der Waals surface area contributed by atoms with Gasteiger partial charge in [-0.05, 0) is 71.8 Å². The third kappa shape index (κ3) is 4.84. The van der Waals surface area contributed by atoms with Crippen LogP contribution in [0, 0.1) is 3.57 Å². The minimum Gasteiger partial charge on any atom is -0.506 e. The van der Waals surface area contributed by atoms with Crippen LogP contribution in [0.4, 0.5) is 0 Å². The van der Waals surface area contributed by atoms with Crippen LogP contribution in [0.3, 0.4) is 0 Å². The molecule has 5 rings (SSSR count). The highest BCUT2D eigenvalue weighted by atomic mass is 127. The number of hydrogen-bond acceptors (Lipinski definition) is 8. The highest BCUT2D eigenvalue weighted by Gasteiger charge is 2.35. The fourth-order valence-corrected chi connectivity index (χ4v) is 6.92. The number of hydrogen-bond donors (Lipinski definition) is 1. The molecular weight excluding hydrogens is 675 g/mol. The Bertz CT molecular complexity index is 1630. The van der Waals surface area contributed by atoms with Gasteiger partial charge in [0.15, 0.2) is 16.3 Å². The van der Waals surface area contributed by atoms with E-state index in [2.05, 4.69) is 15.9 Å². The number of aromatic nitrogens is 1. The highest BCUT2D eigenvalue weighted by Crippen LogP contribution is 2.39. The van der Waals surface area contributed by atoms with Crippen molar-refractivity contribution in [2.24, 2.45) is 4.99 Å². The summed E-state index contributed by atoms with van der Waals surface area (Å²) in [6, 6.07) is 8.17. The molecule has 192 valence electrons. The molecule has 0 fully saturated rings. The van der Waals surface area contributed by atoms with E-state index in [9.17, 15) is 14.7 Å². The second-order valence-electron chi connectivity index (χ2n) is 8.35. The monoisotopic (exact) mass is 696 g/mol. The van der Waals surface area contributed by atoms with Crippen molar-refractivity contribution in [3.63, 3.8) is 0 Å². The molecule has 0 saturated heterocycles. The molecule has 37 heavy (non-hydrogen) atoms. The van der Waals surface area contributed by atoms with Crippen LogP contribution in [0.15, 0.2) is 55.9 Å². The smallest absolute Gasteiger partial charge is 0.338 e. The molecule has 3 heterocycles. The number of ether oxygens (including phenoxy) is 3. The van der Waals surface area contributed by atoms with E-state index in [1.807, 2.05) is 35.6 Å². The van der Waals surface area contributed by atoms with Crippen molar-refractivity contribution in [1.29, 1.82) is 0 Å². The Kier molecular flexibility index (Phi) is 7.46. The molecule has 0 aliphatic carbocycles. The Morgan fingerprint density at radius 2 is 2.08 bits per heavy atom. The summed E-state index contributed by atoms with van der Waals surface area (Å²) in [6.45, 7) is 4.06. The molecule has 3 aromatic rings. The first-order valence-electron chi connectivity index (χ1n) is 11.6. The van der Waals surface area contributed by atoms with Crippen LogP contribution in [0.2, 0.25) is 0 Å². The lowest BCUT2D eigenvalue weighted by Gasteiger charge is -2.25. The molecule has 1 atom stereocenters. The number of carbonyl (C=O) groups is 1. The molecule has 1 N–H and O–H groups in total. The number of nitrogens with zero attached hydrogens (tertiary/aromatic N) is 2. The average Bonchev–Trinajstić information content (AvgIpc) is 3.45. The molecule has 0 unspecified atom stereocenters. The van der Waals surface area contributed by atoms with Gasteiger partial charge >= 0.3 is 5.97 Å². The van der Waals surface area contributed by atoms with Crippen molar-refractivity contribution in [1.82, 2.24) is 4.57 Å². The van der Waals surface area contributed by atoms with Crippen LogP contribution in [0.1, 0.15) is 43.9 Å². The number of phenols is 1. The second kappa shape index (κ2) is 10.6. The summed E-state index contributed by atoms with van der Waals surface area (Å²) in [7, 11) is 0.